The standard InChI is InChI=1S/C15H13N3O5S2/c1-22-9-6-7-11(10(8-9)15(19)23-2)18-25(20,21)13-5-3-4-12-14(13)17-24-16-12/h3-8,18H,1-2H3. The van der Waals surface area contributed by atoms with Crippen molar-refractivity contribution < 1.29 is 22.7 Å². The zero-order valence-electron chi connectivity index (χ0n) is 13.2. The third-order valence-corrected chi connectivity index (χ3v) is 5.35. The summed E-state index contributed by atoms with van der Waals surface area (Å²) >= 11 is 0.923. The maximum absolute atomic E-state index is 12.8. The van der Waals surface area contributed by atoms with E-state index in [-0.39, 0.29) is 21.7 Å². The molecular formula is C15H13N3O5S2. The summed E-state index contributed by atoms with van der Waals surface area (Å²) in [6.45, 7) is 0. The fraction of sp³-hybridized carbons (Fsp3) is 0.133. The van der Waals surface area contributed by atoms with Crippen molar-refractivity contribution in [3.63, 3.8) is 0 Å². The number of anilines is 1. The summed E-state index contributed by atoms with van der Waals surface area (Å²) in [7, 11) is -1.34. The van der Waals surface area contributed by atoms with Crippen molar-refractivity contribution >= 4 is 44.4 Å². The molecule has 0 saturated heterocycles. The summed E-state index contributed by atoms with van der Waals surface area (Å²) in [5.74, 6) is -0.292. The SMILES string of the molecule is COC(=O)c1cc(OC)ccc1NS(=O)(=O)c1cccc2nsnc12. The minimum atomic E-state index is -3.99. The van der Waals surface area contributed by atoms with Crippen molar-refractivity contribution in [1.29, 1.82) is 0 Å². The summed E-state index contributed by atoms with van der Waals surface area (Å²) in [6, 6.07) is 9.04. The monoisotopic (exact) mass is 379 g/mol. The largest absolute Gasteiger partial charge is 0.497 e. The van der Waals surface area contributed by atoms with Crippen molar-refractivity contribution in [2.45, 2.75) is 4.90 Å². The Morgan fingerprint density at radius 1 is 1.16 bits per heavy atom. The van der Waals surface area contributed by atoms with E-state index in [4.69, 9.17) is 9.47 Å². The van der Waals surface area contributed by atoms with Crippen molar-refractivity contribution in [2.75, 3.05) is 18.9 Å². The van der Waals surface area contributed by atoms with Gasteiger partial charge in [-0.1, -0.05) is 6.07 Å². The number of sulfonamides is 1. The summed E-state index contributed by atoms with van der Waals surface area (Å²) in [6.07, 6.45) is 0. The lowest BCUT2D eigenvalue weighted by Gasteiger charge is -2.13. The van der Waals surface area contributed by atoms with Gasteiger partial charge >= 0.3 is 5.97 Å². The second kappa shape index (κ2) is 6.65. The first-order valence-electron chi connectivity index (χ1n) is 6.96. The van der Waals surface area contributed by atoms with Crippen LogP contribution in [0.5, 0.6) is 5.75 Å². The molecule has 0 saturated carbocycles. The second-order valence-electron chi connectivity index (χ2n) is 4.90. The number of fused-ring (bicyclic) bond motifs is 1. The minimum Gasteiger partial charge on any atom is -0.497 e. The molecule has 0 spiro atoms. The van der Waals surface area contributed by atoms with Gasteiger partial charge in [-0.2, -0.15) is 8.75 Å². The van der Waals surface area contributed by atoms with Gasteiger partial charge in [0.15, 0.2) is 0 Å². The van der Waals surface area contributed by atoms with Gasteiger partial charge in [-0.05, 0) is 30.3 Å². The van der Waals surface area contributed by atoms with Gasteiger partial charge in [0.2, 0.25) is 0 Å². The van der Waals surface area contributed by atoms with Crippen LogP contribution in [0.25, 0.3) is 11.0 Å². The molecule has 2 aromatic carbocycles. The van der Waals surface area contributed by atoms with E-state index in [0.717, 1.165) is 11.7 Å². The number of carbonyl (C=O) groups is 1. The second-order valence-corrected chi connectivity index (χ2v) is 7.08. The lowest BCUT2D eigenvalue weighted by atomic mass is 10.2. The zero-order chi connectivity index (χ0) is 18.0. The Bertz CT molecular complexity index is 1050. The summed E-state index contributed by atoms with van der Waals surface area (Å²) in [5, 5.41) is 0. The molecule has 130 valence electrons. The van der Waals surface area contributed by atoms with Gasteiger partial charge < -0.3 is 9.47 Å². The van der Waals surface area contributed by atoms with Crippen LogP contribution in [-0.2, 0) is 14.8 Å². The van der Waals surface area contributed by atoms with Gasteiger partial charge in [-0.15, -0.1) is 0 Å². The Labute approximate surface area is 147 Å². The molecule has 0 radical (unpaired) electrons. The number of aromatic nitrogens is 2. The van der Waals surface area contributed by atoms with Crippen LogP contribution in [0.3, 0.4) is 0 Å². The molecule has 25 heavy (non-hydrogen) atoms. The van der Waals surface area contributed by atoms with Crippen LogP contribution in [0.2, 0.25) is 0 Å². The number of methoxy groups -OCH3 is 2. The van der Waals surface area contributed by atoms with Gasteiger partial charge in [-0.3, -0.25) is 4.72 Å². The van der Waals surface area contributed by atoms with E-state index in [1.807, 2.05) is 0 Å². The molecule has 0 unspecified atom stereocenters. The van der Waals surface area contributed by atoms with Gasteiger partial charge in [0.05, 0.1) is 37.2 Å². The van der Waals surface area contributed by atoms with Crippen molar-refractivity contribution in [2.24, 2.45) is 0 Å². The molecule has 0 bridgehead atoms. The van der Waals surface area contributed by atoms with Crippen LogP contribution < -0.4 is 9.46 Å². The maximum Gasteiger partial charge on any atom is 0.340 e. The van der Waals surface area contributed by atoms with Crippen LogP contribution >= 0.6 is 11.7 Å². The van der Waals surface area contributed by atoms with Crippen LogP contribution in [0.1, 0.15) is 10.4 Å². The van der Waals surface area contributed by atoms with Crippen LogP contribution in [0.4, 0.5) is 5.69 Å². The molecule has 0 aliphatic carbocycles. The normalized spacial score (nSPS) is 11.3. The topological polar surface area (TPSA) is 107 Å². The van der Waals surface area contributed by atoms with E-state index in [9.17, 15) is 13.2 Å². The number of nitrogens with one attached hydrogen (secondary N) is 1. The van der Waals surface area contributed by atoms with Crippen molar-refractivity contribution in [3.8, 4) is 5.75 Å². The third kappa shape index (κ3) is 3.26. The zero-order valence-corrected chi connectivity index (χ0v) is 14.8. The average Bonchev–Trinajstić information content (AvgIpc) is 3.09. The van der Waals surface area contributed by atoms with Crippen molar-refractivity contribution in [3.05, 3.63) is 42.0 Å². The van der Waals surface area contributed by atoms with Gasteiger partial charge in [0, 0.05) is 0 Å². The number of esters is 1. The van der Waals surface area contributed by atoms with E-state index >= 15 is 0 Å². The summed E-state index contributed by atoms with van der Waals surface area (Å²) in [4.78, 5) is 11.9. The third-order valence-electron chi connectivity index (χ3n) is 3.41. The number of hydrogen-bond acceptors (Lipinski definition) is 8. The first-order valence-corrected chi connectivity index (χ1v) is 9.18. The lowest BCUT2D eigenvalue weighted by molar-refractivity contribution is 0.0601. The van der Waals surface area contributed by atoms with E-state index in [2.05, 4.69) is 13.5 Å². The van der Waals surface area contributed by atoms with Gasteiger partial charge in [0.1, 0.15) is 21.7 Å². The molecule has 3 rings (SSSR count). The van der Waals surface area contributed by atoms with E-state index < -0.39 is 16.0 Å². The Balaban J connectivity index is 2.07. The Morgan fingerprint density at radius 3 is 2.68 bits per heavy atom. The Kier molecular flexibility index (Phi) is 4.55. The van der Waals surface area contributed by atoms with E-state index in [1.54, 1.807) is 12.1 Å². The van der Waals surface area contributed by atoms with Gasteiger partial charge in [0.25, 0.3) is 10.0 Å². The summed E-state index contributed by atoms with van der Waals surface area (Å²) < 4.78 is 45.8. The predicted octanol–water partition coefficient (Wildman–Crippen LogP) is 2.29. The van der Waals surface area contributed by atoms with Crippen molar-refractivity contribution in [1.82, 2.24) is 8.75 Å². The fourth-order valence-corrected chi connectivity index (χ4v) is 4.06. The molecule has 0 fully saturated rings. The number of hydrogen-bond donors (Lipinski definition) is 1. The number of nitrogens with zero attached hydrogens (tertiary/aromatic N) is 2. The molecule has 0 amide bonds. The highest BCUT2D eigenvalue weighted by Crippen LogP contribution is 2.27. The quantitative estimate of drug-likeness (QED) is 0.678. The first kappa shape index (κ1) is 17.1. The molecule has 8 nitrogen and oxygen atoms in total. The number of rotatable bonds is 5. The Hall–Kier alpha value is -2.72. The molecule has 1 heterocycles. The maximum atomic E-state index is 12.8. The molecule has 10 heteroatoms. The highest BCUT2D eigenvalue weighted by Gasteiger charge is 2.23. The van der Waals surface area contributed by atoms with Gasteiger partial charge in [-0.25, -0.2) is 13.2 Å². The first-order chi connectivity index (χ1) is 12.0. The highest BCUT2D eigenvalue weighted by molar-refractivity contribution is 7.93. The highest BCUT2D eigenvalue weighted by atomic mass is 32.2. The lowest BCUT2D eigenvalue weighted by Crippen LogP contribution is -2.16. The number of benzene rings is 2. The summed E-state index contributed by atoms with van der Waals surface area (Å²) in [5.41, 5.74) is 0.866. The van der Waals surface area contributed by atoms with E-state index in [0.29, 0.717) is 11.3 Å². The molecule has 3 aromatic rings. The Morgan fingerprint density at radius 2 is 1.96 bits per heavy atom. The van der Waals surface area contributed by atoms with E-state index in [1.165, 1.54) is 38.5 Å². The smallest absolute Gasteiger partial charge is 0.340 e. The fourth-order valence-electron chi connectivity index (χ4n) is 2.22. The van der Waals surface area contributed by atoms with Crippen LogP contribution in [0.15, 0.2) is 41.3 Å². The molecule has 0 aliphatic rings. The number of carbonyl (C=O) groups excluding carboxylic acids is 1. The molecule has 1 aromatic heterocycles. The van der Waals surface area contributed by atoms with Crippen LogP contribution in [-0.4, -0.2) is 37.4 Å². The predicted molar refractivity (Wildman–Crippen MR) is 92.6 cm³/mol. The van der Waals surface area contributed by atoms with Crippen LogP contribution in [0, 0.1) is 0 Å². The average molecular weight is 379 g/mol. The minimum absolute atomic E-state index is 0.0228. The molecular weight excluding hydrogens is 366 g/mol. The molecule has 0 aliphatic heterocycles. The molecule has 1 N–H and O–H groups in total. The molecule has 0 atom stereocenters. The number of ether oxygens (including phenoxy) is 2.